The van der Waals surface area contributed by atoms with Crippen LogP contribution in [0.1, 0.15) is 73.7 Å². The fourth-order valence-electron chi connectivity index (χ4n) is 4.31. The third kappa shape index (κ3) is 5.28. The second-order valence-electron chi connectivity index (χ2n) is 8.84. The predicted octanol–water partition coefficient (Wildman–Crippen LogP) is 5.85. The molecule has 0 bridgehead atoms. The first-order chi connectivity index (χ1) is 16.4. The molecule has 6 nitrogen and oxygen atoms in total. The van der Waals surface area contributed by atoms with Crippen molar-refractivity contribution in [1.82, 2.24) is 9.55 Å². The summed E-state index contributed by atoms with van der Waals surface area (Å²) in [5.74, 6) is -0.239. The molecule has 1 amide bonds. The van der Waals surface area contributed by atoms with Crippen LogP contribution in [-0.2, 0) is 24.2 Å². The molecule has 0 saturated heterocycles. The number of nitrogens with one attached hydrogen (secondary N) is 1. The van der Waals surface area contributed by atoms with Gasteiger partial charge in [-0.1, -0.05) is 50.1 Å². The highest BCUT2D eigenvalue weighted by Crippen LogP contribution is 2.36. The minimum atomic E-state index is -0.459. The molecule has 3 aromatic rings. The van der Waals surface area contributed by atoms with Crippen LogP contribution in [0.5, 0.6) is 0 Å². The van der Waals surface area contributed by atoms with Crippen LogP contribution in [0.25, 0.3) is 10.2 Å². The molecule has 1 aliphatic carbocycles. The van der Waals surface area contributed by atoms with Gasteiger partial charge >= 0.3 is 0 Å². The predicted molar refractivity (Wildman–Crippen MR) is 140 cm³/mol. The number of carbonyl (C=O) groups is 2. The number of Topliss-reactive ketones (excluding diaryl/α,β-unsaturated/α-hetero) is 1. The van der Waals surface area contributed by atoms with Crippen molar-refractivity contribution in [3.8, 4) is 0 Å². The van der Waals surface area contributed by atoms with Crippen LogP contribution >= 0.6 is 23.1 Å². The number of benzene rings is 1. The molecule has 0 radical (unpaired) electrons. The Morgan fingerprint density at radius 1 is 1.24 bits per heavy atom. The number of carbonyl (C=O) groups excluding carboxylic acids is 2. The Hall–Kier alpha value is -2.45. The topological polar surface area (TPSA) is 81.1 Å². The molecular weight excluding hydrogens is 466 g/mol. The molecule has 8 heteroatoms. The number of fused-ring (bicyclic) bond motifs is 3. The average molecular weight is 498 g/mol. The van der Waals surface area contributed by atoms with Gasteiger partial charge in [0.05, 0.1) is 10.6 Å². The number of hydrogen-bond donors (Lipinski definition) is 1. The van der Waals surface area contributed by atoms with Gasteiger partial charge in [0, 0.05) is 22.7 Å². The zero-order chi connectivity index (χ0) is 24.2. The maximum absolute atomic E-state index is 13.6. The maximum Gasteiger partial charge on any atom is 0.263 e. The van der Waals surface area contributed by atoms with Crippen LogP contribution in [0.3, 0.4) is 0 Å². The second kappa shape index (κ2) is 10.9. The summed E-state index contributed by atoms with van der Waals surface area (Å²) in [4.78, 5) is 45.1. The lowest BCUT2D eigenvalue weighted by Gasteiger charge is -2.16. The van der Waals surface area contributed by atoms with Gasteiger partial charge in [-0.3, -0.25) is 19.0 Å². The van der Waals surface area contributed by atoms with Gasteiger partial charge in [-0.15, -0.1) is 11.3 Å². The Morgan fingerprint density at radius 2 is 2.06 bits per heavy atom. The number of hydrogen-bond acceptors (Lipinski definition) is 6. The quantitative estimate of drug-likeness (QED) is 0.164. The Labute approximate surface area is 208 Å². The molecular formula is C26H31N3O3S2. The number of nitrogens with zero attached hydrogens (tertiary/aromatic N) is 2. The van der Waals surface area contributed by atoms with Crippen LogP contribution < -0.4 is 10.9 Å². The number of aromatic nitrogens is 2. The molecule has 180 valence electrons. The molecule has 2 heterocycles. The summed E-state index contributed by atoms with van der Waals surface area (Å²) in [5, 5.41) is 3.83. The zero-order valence-corrected chi connectivity index (χ0v) is 21.6. The van der Waals surface area contributed by atoms with E-state index >= 15 is 0 Å². The van der Waals surface area contributed by atoms with Gasteiger partial charge in [-0.25, -0.2) is 4.98 Å². The molecule has 1 atom stereocenters. The van der Waals surface area contributed by atoms with Gasteiger partial charge in [0.2, 0.25) is 5.91 Å². The van der Waals surface area contributed by atoms with Crippen LogP contribution in [0.4, 0.5) is 5.69 Å². The highest BCUT2D eigenvalue weighted by Gasteiger charge is 2.25. The molecule has 34 heavy (non-hydrogen) atoms. The summed E-state index contributed by atoms with van der Waals surface area (Å²) in [6.07, 6.45) is 7.33. The lowest BCUT2D eigenvalue weighted by Crippen LogP contribution is -2.27. The van der Waals surface area contributed by atoms with Crippen LogP contribution in [0.15, 0.2) is 34.2 Å². The molecule has 1 aliphatic rings. The monoisotopic (exact) mass is 497 g/mol. The molecule has 0 spiro atoms. The third-order valence-electron chi connectivity index (χ3n) is 6.21. The molecule has 2 aromatic heterocycles. The molecule has 4 rings (SSSR count). The summed E-state index contributed by atoms with van der Waals surface area (Å²) in [7, 11) is 0. The van der Waals surface area contributed by atoms with E-state index in [1.807, 2.05) is 6.92 Å². The van der Waals surface area contributed by atoms with Gasteiger partial charge in [-0.05, 0) is 57.2 Å². The van der Waals surface area contributed by atoms with E-state index in [1.54, 1.807) is 40.2 Å². The van der Waals surface area contributed by atoms with E-state index in [9.17, 15) is 14.4 Å². The van der Waals surface area contributed by atoms with Gasteiger partial charge in [-0.2, -0.15) is 0 Å². The fraction of sp³-hybridized carbons (Fsp3) is 0.462. The molecule has 0 saturated carbocycles. The fourth-order valence-corrected chi connectivity index (χ4v) is 6.55. The molecule has 0 aliphatic heterocycles. The number of unbranched alkanes of at least 4 members (excludes halogenated alkanes) is 3. The van der Waals surface area contributed by atoms with E-state index in [2.05, 4.69) is 12.2 Å². The Morgan fingerprint density at radius 3 is 2.82 bits per heavy atom. The summed E-state index contributed by atoms with van der Waals surface area (Å²) in [5.41, 5.74) is 2.36. The summed E-state index contributed by atoms with van der Waals surface area (Å²) < 4.78 is 1.79. The smallest absolute Gasteiger partial charge is 0.263 e. The molecule has 0 fully saturated rings. The number of ketones is 1. The first-order valence-corrected chi connectivity index (χ1v) is 13.7. The van der Waals surface area contributed by atoms with Crippen molar-refractivity contribution in [2.75, 3.05) is 5.32 Å². The lowest BCUT2D eigenvalue weighted by atomic mass is 10.1. The molecule has 1 N–H and O–H groups in total. The lowest BCUT2D eigenvalue weighted by molar-refractivity contribution is -0.115. The highest BCUT2D eigenvalue weighted by atomic mass is 32.2. The van der Waals surface area contributed by atoms with Crippen LogP contribution in [-0.4, -0.2) is 26.5 Å². The number of aryl methyl sites for hydroxylation is 2. The minimum absolute atomic E-state index is 0.0326. The van der Waals surface area contributed by atoms with Gasteiger partial charge in [0.15, 0.2) is 10.9 Å². The van der Waals surface area contributed by atoms with Crippen molar-refractivity contribution in [3.63, 3.8) is 0 Å². The standard InChI is InChI=1S/C26H31N3O3S2/c1-4-5-6-7-14-29-25(32)22-20-12-9-13-21(20)34-24(22)28-26(29)33-17(3)23(31)27-19-11-8-10-18(15-19)16(2)30/h8,10-11,15,17H,4-7,9,12-14H2,1-3H3,(H,27,31)/t17-/m0/s1. The number of rotatable bonds is 10. The van der Waals surface area contributed by atoms with Crippen molar-refractivity contribution < 1.29 is 9.59 Å². The van der Waals surface area contributed by atoms with E-state index < -0.39 is 5.25 Å². The van der Waals surface area contributed by atoms with E-state index in [1.165, 1.54) is 29.1 Å². The number of thioether (sulfide) groups is 1. The largest absolute Gasteiger partial charge is 0.325 e. The molecule has 1 aromatic carbocycles. The Balaban J connectivity index is 1.59. The number of thiophene rings is 1. The number of anilines is 1. The zero-order valence-electron chi connectivity index (χ0n) is 20.0. The summed E-state index contributed by atoms with van der Waals surface area (Å²) >= 11 is 2.95. The third-order valence-corrected chi connectivity index (χ3v) is 8.49. The second-order valence-corrected chi connectivity index (χ2v) is 11.2. The van der Waals surface area contributed by atoms with E-state index in [4.69, 9.17) is 4.98 Å². The van der Waals surface area contributed by atoms with Crippen molar-refractivity contribution in [2.45, 2.75) is 82.7 Å². The minimum Gasteiger partial charge on any atom is -0.325 e. The van der Waals surface area contributed by atoms with Crippen molar-refractivity contribution in [3.05, 3.63) is 50.6 Å². The van der Waals surface area contributed by atoms with Gasteiger partial charge < -0.3 is 5.32 Å². The number of amides is 1. The normalized spacial score (nSPS) is 13.7. The first-order valence-electron chi connectivity index (χ1n) is 12.0. The van der Waals surface area contributed by atoms with Crippen LogP contribution in [0, 0.1) is 0 Å². The highest BCUT2D eigenvalue weighted by molar-refractivity contribution is 8.00. The SMILES string of the molecule is CCCCCCn1c(S[C@@H](C)C(=O)Nc2cccc(C(C)=O)c2)nc2sc3c(c2c1=O)CCC3. The Bertz CT molecular complexity index is 1280. The summed E-state index contributed by atoms with van der Waals surface area (Å²) in [6.45, 7) is 6.11. The van der Waals surface area contributed by atoms with Crippen LogP contribution in [0.2, 0.25) is 0 Å². The van der Waals surface area contributed by atoms with E-state index in [0.717, 1.165) is 55.2 Å². The van der Waals surface area contributed by atoms with E-state index in [0.29, 0.717) is 23.0 Å². The first kappa shape index (κ1) is 24.7. The van der Waals surface area contributed by atoms with Gasteiger partial charge in [0.25, 0.3) is 5.56 Å². The molecule has 0 unspecified atom stereocenters. The van der Waals surface area contributed by atoms with Crippen molar-refractivity contribution >= 4 is 50.7 Å². The maximum atomic E-state index is 13.6. The van der Waals surface area contributed by atoms with Crippen molar-refractivity contribution in [1.29, 1.82) is 0 Å². The summed E-state index contributed by atoms with van der Waals surface area (Å²) in [6, 6.07) is 6.93. The van der Waals surface area contributed by atoms with Crippen molar-refractivity contribution in [2.24, 2.45) is 0 Å². The van der Waals surface area contributed by atoms with Gasteiger partial charge in [0.1, 0.15) is 4.83 Å². The average Bonchev–Trinajstić information content (AvgIpc) is 3.39. The Kier molecular flexibility index (Phi) is 7.88. The van der Waals surface area contributed by atoms with E-state index in [-0.39, 0.29) is 17.2 Å².